The molecule has 1 atom stereocenters. The third-order valence-corrected chi connectivity index (χ3v) is 2.47. The standard InChI is InChI=1S/C11H12N2O3/c1-8-2-4-9(5-3-8)11-6-10(16-12-11)7-13(14)15/h2-5,10H,6-7H2,1H3. The van der Waals surface area contributed by atoms with Crippen LogP contribution in [0.1, 0.15) is 17.5 Å². The Labute approximate surface area is 92.9 Å². The van der Waals surface area contributed by atoms with Gasteiger partial charge in [0.05, 0.1) is 5.71 Å². The molecule has 0 bridgehead atoms. The minimum Gasteiger partial charge on any atom is -0.385 e. The van der Waals surface area contributed by atoms with Gasteiger partial charge in [-0.15, -0.1) is 0 Å². The van der Waals surface area contributed by atoms with Crippen molar-refractivity contribution >= 4 is 5.71 Å². The summed E-state index contributed by atoms with van der Waals surface area (Å²) >= 11 is 0. The Morgan fingerprint density at radius 2 is 2.19 bits per heavy atom. The van der Waals surface area contributed by atoms with Gasteiger partial charge in [0, 0.05) is 11.3 Å². The minimum absolute atomic E-state index is 0.196. The molecule has 0 aromatic heterocycles. The van der Waals surface area contributed by atoms with Crippen LogP contribution in [0.5, 0.6) is 0 Å². The molecule has 84 valence electrons. The first-order valence-corrected chi connectivity index (χ1v) is 5.06. The topological polar surface area (TPSA) is 64.7 Å². The zero-order valence-corrected chi connectivity index (χ0v) is 8.92. The van der Waals surface area contributed by atoms with Gasteiger partial charge in [-0.3, -0.25) is 10.1 Å². The highest BCUT2D eigenvalue weighted by Gasteiger charge is 2.26. The van der Waals surface area contributed by atoms with Crippen molar-refractivity contribution in [3.05, 3.63) is 45.5 Å². The van der Waals surface area contributed by atoms with E-state index < -0.39 is 6.10 Å². The predicted molar refractivity (Wildman–Crippen MR) is 59.1 cm³/mol. The van der Waals surface area contributed by atoms with Gasteiger partial charge in [-0.1, -0.05) is 35.0 Å². The lowest BCUT2D eigenvalue weighted by atomic mass is 10.0. The summed E-state index contributed by atoms with van der Waals surface area (Å²) in [6.45, 7) is 1.81. The molecule has 1 aliphatic rings. The first kappa shape index (κ1) is 10.6. The van der Waals surface area contributed by atoms with E-state index in [1.807, 2.05) is 31.2 Å². The van der Waals surface area contributed by atoms with Crippen LogP contribution in [0.4, 0.5) is 0 Å². The maximum atomic E-state index is 10.3. The SMILES string of the molecule is Cc1ccc(C2=NOC(C[N+](=O)[O-])C2)cc1. The molecular weight excluding hydrogens is 208 g/mol. The molecule has 0 radical (unpaired) electrons. The highest BCUT2D eigenvalue weighted by Crippen LogP contribution is 2.17. The quantitative estimate of drug-likeness (QED) is 0.576. The molecule has 0 saturated carbocycles. The van der Waals surface area contributed by atoms with Crippen molar-refractivity contribution in [3.8, 4) is 0 Å². The summed E-state index contributed by atoms with van der Waals surface area (Å²) in [6, 6.07) is 7.87. The molecule has 1 unspecified atom stereocenters. The van der Waals surface area contributed by atoms with Crippen molar-refractivity contribution in [3.63, 3.8) is 0 Å². The second-order valence-corrected chi connectivity index (χ2v) is 3.85. The minimum atomic E-state index is -0.425. The number of benzene rings is 1. The van der Waals surface area contributed by atoms with E-state index in [0.717, 1.165) is 11.3 Å². The van der Waals surface area contributed by atoms with Crippen LogP contribution in [-0.2, 0) is 4.84 Å². The monoisotopic (exact) mass is 220 g/mol. The summed E-state index contributed by atoms with van der Waals surface area (Å²) in [5.41, 5.74) is 2.92. The van der Waals surface area contributed by atoms with Crippen molar-refractivity contribution in [1.29, 1.82) is 0 Å². The molecule has 0 amide bonds. The first-order valence-electron chi connectivity index (χ1n) is 5.06. The fourth-order valence-corrected chi connectivity index (χ4v) is 1.61. The molecular formula is C11H12N2O3. The largest absolute Gasteiger partial charge is 0.385 e. The summed E-state index contributed by atoms with van der Waals surface area (Å²) < 4.78 is 0. The molecule has 1 heterocycles. The van der Waals surface area contributed by atoms with E-state index in [-0.39, 0.29) is 11.5 Å². The Kier molecular flexibility index (Phi) is 2.85. The van der Waals surface area contributed by atoms with Crippen LogP contribution in [0, 0.1) is 17.0 Å². The number of rotatable bonds is 3. The maximum Gasteiger partial charge on any atom is 0.243 e. The number of nitrogens with zero attached hydrogens (tertiary/aromatic N) is 2. The van der Waals surface area contributed by atoms with Crippen LogP contribution in [-0.4, -0.2) is 23.3 Å². The Morgan fingerprint density at radius 3 is 2.81 bits per heavy atom. The van der Waals surface area contributed by atoms with E-state index in [9.17, 15) is 10.1 Å². The molecule has 5 heteroatoms. The number of aryl methyl sites for hydroxylation is 1. The summed E-state index contributed by atoms with van der Waals surface area (Å²) in [4.78, 5) is 14.9. The van der Waals surface area contributed by atoms with Crippen molar-refractivity contribution in [2.75, 3.05) is 6.54 Å². The Morgan fingerprint density at radius 1 is 1.50 bits per heavy atom. The van der Waals surface area contributed by atoms with Gasteiger partial charge in [0.25, 0.3) is 0 Å². The van der Waals surface area contributed by atoms with Crippen LogP contribution < -0.4 is 0 Å². The van der Waals surface area contributed by atoms with Crippen molar-refractivity contribution in [1.82, 2.24) is 0 Å². The molecule has 0 spiro atoms. The summed E-state index contributed by atoms with van der Waals surface area (Å²) in [5, 5.41) is 14.2. The second-order valence-electron chi connectivity index (χ2n) is 3.85. The van der Waals surface area contributed by atoms with Gasteiger partial charge in [-0.05, 0) is 12.5 Å². The van der Waals surface area contributed by atoms with Crippen LogP contribution in [0.3, 0.4) is 0 Å². The molecule has 0 N–H and O–H groups in total. The third-order valence-electron chi connectivity index (χ3n) is 2.47. The molecule has 0 aliphatic carbocycles. The summed E-state index contributed by atoms with van der Waals surface area (Å²) in [5.74, 6) is 0. The van der Waals surface area contributed by atoms with Crippen LogP contribution >= 0.6 is 0 Å². The normalized spacial score (nSPS) is 19.1. The summed E-state index contributed by atoms with van der Waals surface area (Å²) in [6.07, 6.45) is 0.0793. The van der Waals surface area contributed by atoms with Crippen LogP contribution in [0.15, 0.2) is 29.4 Å². The van der Waals surface area contributed by atoms with Gasteiger partial charge in [0.1, 0.15) is 0 Å². The van der Waals surface area contributed by atoms with Gasteiger partial charge in [-0.2, -0.15) is 0 Å². The lowest BCUT2D eigenvalue weighted by Gasteiger charge is -2.01. The highest BCUT2D eigenvalue weighted by atomic mass is 16.7. The fraction of sp³-hybridized carbons (Fsp3) is 0.364. The van der Waals surface area contributed by atoms with Crippen molar-refractivity contribution in [2.45, 2.75) is 19.4 Å². The number of hydrogen-bond donors (Lipinski definition) is 0. The maximum absolute atomic E-state index is 10.3. The average Bonchev–Trinajstić information content (AvgIpc) is 2.66. The third kappa shape index (κ3) is 2.36. The Balaban J connectivity index is 2.03. The van der Waals surface area contributed by atoms with Gasteiger partial charge in [0.15, 0.2) is 6.10 Å². The molecule has 1 aromatic rings. The van der Waals surface area contributed by atoms with Gasteiger partial charge >= 0.3 is 0 Å². The van der Waals surface area contributed by atoms with E-state index in [4.69, 9.17) is 4.84 Å². The predicted octanol–water partition coefficient (Wildman–Crippen LogP) is 1.76. The van der Waals surface area contributed by atoms with E-state index in [1.54, 1.807) is 0 Å². The molecule has 0 fully saturated rings. The fourth-order valence-electron chi connectivity index (χ4n) is 1.61. The van der Waals surface area contributed by atoms with E-state index in [0.29, 0.717) is 6.42 Å². The Bertz CT molecular complexity index is 425. The van der Waals surface area contributed by atoms with Gasteiger partial charge < -0.3 is 4.84 Å². The zero-order valence-electron chi connectivity index (χ0n) is 8.92. The van der Waals surface area contributed by atoms with Crippen molar-refractivity contribution < 1.29 is 9.76 Å². The number of oxime groups is 1. The number of nitro groups is 1. The number of hydrogen-bond acceptors (Lipinski definition) is 4. The van der Waals surface area contributed by atoms with Crippen LogP contribution in [0.25, 0.3) is 0 Å². The average molecular weight is 220 g/mol. The molecule has 1 aliphatic heterocycles. The Hall–Kier alpha value is -1.91. The summed E-state index contributed by atoms with van der Waals surface area (Å²) in [7, 11) is 0. The smallest absolute Gasteiger partial charge is 0.243 e. The van der Waals surface area contributed by atoms with Crippen LogP contribution in [0.2, 0.25) is 0 Å². The van der Waals surface area contributed by atoms with E-state index in [2.05, 4.69) is 5.16 Å². The zero-order chi connectivity index (χ0) is 11.5. The van der Waals surface area contributed by atoms with E-state index in [1.165, 1.54) is 5.56 Å². The lowest BCUT2D eigenvalue weighted by molar-refractivity contribution is -0.490. The molecule has 2 rings (SSSR count). The second kappa shape index (κ2) is 4.30. The molecule has 5 nitrogen and oxygen atoms in total. The lowest BCUT2D eigenvalue weighted by Crippen LogP contribution is -2.19. The van der Waals surface area contributed by atoms with Gasteiger partial charge in [-0.25, -0.2) is 0 Å². The molecule has 1 aromatic carbocycles. The van der Waals surface area contributed by atoms with Gasteiger partial charge in [0.2, 0.25) is 6.54 Å². The van der Waals surface area contributed by atoms with E-state index >= 15 is 0 Å². The first-order chi connectivity index (χ1) is 7.65. The van der Waals surface area contributed by atoms with Crippen molar-refractivity contribution in [2.24, 2.45) is 5.16 Å². The molecule has 0 saturated heterocycles. The molecule has 16 heavy (non-hydrogen) atoms. The highest BCUT2D eigenvalue weighted by molar-refractivity contribution is 6.01.